The number of rotatable bonds is 4. The van der Waals surface area contributed by atoms with E-state index >= 15 is 0 Å². The van der Waals surface area contributed by atoms with E-state index in [2.05, 4.69) is 15.5 Å². The summed E-state index contributed by atoms with van der Waals surface area (Å²) in [7, 11) is 0. The number of aryl methyl sites for hydroxylation is 1. The van der Waals surface area contributed by atoms with Gasteiger partial charge in [0.25, 0.3) is 0 Å². The first kappa shape index (κ1) is 13.0. The molecule has 0 saturated heterocycles. The maximum Gasteiger partial charge on any atom is 0.237 e. The van der Waals surface area contributed by atoms with Crippen molar-refractivity contribution in [1.29, 1.82) is 0 Å². The van der Waals surface area contributed by atoms with E-state index in [1.54, 1.807) is 5.51 Å². The highest BCUT2D eigenvalue weighted by molar-refractivity contribution is 8.02. The lowest BCUT2D eigenvalue weighted by Crippen LogP contribution is -2.22. The Morgan fingerprint density at radius 1 is 1.50 bits per heavy atom. The molecule has 1 N–H and O–H groups in total. The van der Waals surface area contributed by atoms with Gasteiger partial charge in [0, 0.05) is 5.69 Å². The minimum Gasteiger partial charge on any atom is -0.325 e. The molecule has 0 saturated carbocycles. The number of carbonyl (C=O) groups is 1. The second kappa shape index (κ2) is 5.97. The molecular weight excluding hydrogens is 266 g/mol. The van der Waals surface area contributed by atoms with Crippen LogP contribution >= 0.6 is 23.1 Å². The molecule has 1 aromatic heterocycles. The number of hydrogen-bond acceptors (Lipinski definition) is 5. The van der Waals surface area contributed by atoms with Crippen LogP contribution in [0.4, 0.5) is 5.69 Å². The second-order valence-electron chi connectivity index (χ2n) is 3.82. The van der Waals surface area contributed by atoms with E-state index in [0.717, 1.165) is 15.6 Å². The van der Waals surface area contributed by atoms with Gasteiger partial charge in [0.15, 0.2) is 4.34 Å². The van der Waals surface area contributed by atoms with Crippen molar-refractivity contribution >= 4 is 34.7 Å². The maximum absolute atomic E-state index is 12.0. The van der Waals surface area contributed by atoms with Crippen molar-refractivity contribution in [1.82, 2.24) is 10.2 Å². The van der Waals surface area contributed by atoms with Gasteiger partial charge < -0.3 is 5.32 Å². The van der Waals surface area contributed by atoms with Crippen LogP contribution < -0.4 is 5.32 Å². The molecule has 2 aromatic rings. The van der Waals surface area contributed by atoms with E-state index in [1.807, 2.05) is 38.1 Å². The Labute approximate surface area is 114 Å². The van der Waals surface area contributed by atoms with Crippen molar-refractivity contribution in [3.05, 3.63) is 35.3 Å². The standard InChI is InChI=1S/C12H13N3OS2/c1-8-4-3-5-10(6-8)14-11(16)9(2)18-12-15-13-7-17-12/h3-7,9H,1-2H3,(H,14,16). The molecule has 1 unspecified atom stereocenters. The summed E-state index contributed by atoms with van der Waals surface area (Å²) in [6.45, 7) is 3.85. The Kier molecular flexibility index (Phi) is 4.33. The lowest BCUT2D eigenvalue weighted by molar-refractivity contribution is -0.115. The van der Waals surface area contributed by atoms with Crippen LogP contribution in [0.3, 0.4) is 0 Å². The van der Waals surface area contributed by atoms with Crippen LogP contribution in [-0.2, 0) is 4.79 Å². The average molecular weight is 279 g/mol. The Morgan fingerprint density at radius 2 is 2.33 bits per heavy atom. The zero-order valence-corrected chi connectivity index (χ0v) is 11.7. The van der Waals surface area contributed by atoms with Crippen molar-refractivity contribution in [2.45, 2.75) is 23.4 Å². The van der Waals surface area contributed by atoms with Crippen molar-refractivity contribution in [3.63, 3.8) is 0 Å². The van der Waals surface area contributed by atoms with Gasteiger partial charge in [-0.15, -0.1) is 10.2 Å². The van der Waals surface area contributed by atoms with Crippen LogP contribution in [0, 0.1) is 6.92 Å². The minimum atomic E-state index is -0.196. The van der Waals surface area contributed by atoms with Gasteiger partial charge >= 0.3 is 0 Å². The van der Waals surface area contributed by atoms with E-state index in [-0.39, 0.29) is 11.2 Å². The summed E-state index contributed by atoms with van der Waals surface area (Å²) in [4.78, 5) is 12.0. The number of nitrogens with one attached hydrogen (secondary N) is 1. The third-order valence-electron chi connectivity index (χ3n) is 2.27. The van der Waals surface area contributed by atoms with Crippen LogP contribution in [0.25, 0.3) is 0 Å². The lowest BCUT2D eigenvalue weighted by Gasteiger charge is -2.10. The van der Waals surface area contributed by atoms with Crippen molar-refractivity contribution in [2.75, 3.05) is 5.32 Å². The van der Waals surface area contributed by atoms with Gasteiger partial charge in [0.05, 0.1) is 5.25 Å². The minimum absolute atomic E-state index is 0.0270. The van der Waals surface area contributed by atoms with E-state index < -0.39 is 0 Å². The Hall–Kier alpha value is -1.40. The lowest BCUT2D eigenvalue weighted by atomic mass is 10.2. The predicted molar refractivity (Wildman–Crippen MR) is 75.0 cm³/mol. The van der Waals surface area contributed by atoms with Gasteiger partial charge in [-0.05, 0) is 31.5 Å². The number of nitrogens with zero attached hydrogens (tertiary/aromatic N) is 2. The third-order valence-corrected chi connectivity index (χ3v) is 4.18. The summed E-state index contributed by atoms with van der Waals surface area (Å²) in [5.74, 6) is -0.0270. The molecular formula is C12H13N3OS2. The predicted octanol–water partition coefficient (Wildman–Crippen LogP) is 2.97. The van der Waals surface area contributed by atoms with Crippen LogP contribution in [0.5, 0.6) is 0 Å². The number of carbonyl (C=O) groups excluding carboxylic acids is 1. The zero-order valence-electron chi connectivity index (χ0n) is 10.1. The first-order valence-electron chi connectivity index (χ1n) is 5.45. The Bertz CT molecular complexity index is 528. The van der Waals surface area contributed by atoms with E-state index in [1.165, 1.54) is 23.1 Å². The molecule has 0 radical (unpaired) electrons. The largest absolute Gasteiger partial charge is 0.325 e. The molecule has 1 aromatic carbocycles. The molecule has 4 nitrogen and oxygen atoms in total. The highest BCUT2D eigenvalue weighted by Gasteiger charge is 2.16. The summed E-state index contributed by atoms with van der Waals surface area (Å²) in [5, 5.41) is 10.4. The summed E-state index contributed by atoms with van der Waals surface area (Å²) >= 11 is 2.85. The molecule has 94 valence electrons. The van der Waals surface area contributed by atoms with Crippen LogP contribution in [0.15, 0.2) is 34.1 Å². The van der Waals surface area contributed by atoms with Gasteiger partial charge in [-0.2, -0.15) is 0 Å². The highest BCUT2D eigenvalue weighted by atomic mass is 32.2. The molecule has 0 bridgehead atoms. The fourth-order valence-electron chi connectivity index (χ4n) is 1.39. The first-order valence-corrected chi connectivity index (χ1v) is 7.21. The van der Waals surface area contributed by atoms with Crippen molar-refractivity contribution in [2.24, 2.45) is 0 Å². The normalized spacial score (nSPS) is 12.1. The van der Waals surface area contributed by atoms with E-state index in [4.69, 9.17) is 0 Å². The highest BCUT2D eigenvalue weighted by Crippen LogP contribution is 2.25. The molecule has 0 aliphatic heterocycles. The Balaban J connectivity index is 1.95. The van der Waals surface area contributed by atoms with E-state index in [0.29, 0.717) is 0 Å². The maximum atomic E-state index is 12.0. The van der Waals surface area contributed by atoms with Gasteiger partial charge in [-0.25, -0.2) is 0 Å². The Morgan fingerprint density at radius 3 is 3.00 bits per heavy atom. The van der Waals surface area contributed by atoms with E-state index in [9.17, 15) is 4.79 Å². The van der Waals surface area contributed by atoms with Crippen LogP contribution in [-0.4, -0.2) is 21.4 Å². The number of hydrogen-bond donors (Lipinski definition) is 1. The molecule has 1 atom stereocenters. The van der Waals surface area contributed by atoms with Gasteiger partial charge in [0.1, 0.15) is 5.51 Å². The number of amides is 1. The summed E-state index contributed by atoms with van der Waals surface area (Å²) in [6, 6.07) is 7.75. The molecule has 1 amide bonds. The molecule has 18 heavy (non-hydrogen) atoms. The topological polar surface area (TPSA) is 54.9 Å². The molecule has 0 aliphatic rings. The summed E-state index contributed by atoms with van der Waals surface area (Å²) in [6.07, 6.45) is 0. The van der Waals surface area contributed by atoms with Crippen molar-refractivity contribution in [3.8, 4) is 0 Å². The number of thioether (sulfide) groups is 1. The number of benzene rings is 1. The van der Waals surface area contributed by atoms with Gasteiger partial charge in [0.2, 0.25) is 5.91 Å². The number of anilines is 1. The molecule has 6 heteroatoms. The molecule has 0 aliphatic carbocycles. The summed E-state index contributed by atoms with van der Waals surface area (Å²) < 4.78 is 0.807. The monoisotopic (exact) mass is 279 g/mol. The zero-order chi connectivity index (χ0) is 13.0. The third kappa shape index (κ3) is 3.54. The second-order valence-corrected chi connectivity index (χ2v) is 6.24. The SMILES string of the molecule is Cc1cccc(NC(=O)C(C)Sc2nncs2)c1. The summed E-state index contributed by atoms with van der Waals surface area (Å²) in [5.41, 5.74) is 3.61. The van der Waals surface area contributed by atoms with Gasteiger partial charge in [-0.3, -0.25) is 4.79 Å². The van der Waals surface area contributed by atoms with Gasteiger partial charge in [-0.1, -0.05) is 35.2 Å². The average Bonchev–Trinajstić information content (AvgIpc) is 2.81. The first-order chi connectivity index (χ1) is 8.65. The fourth-order valence-corrected chi connectivity index (χ4v) is 3.01. The quantitative estimate of drug-likeness (QED) is 0.874. The molecule has 0 spiro atoms. The number of aromatic nitrogens is 2. The van der Waals surface area contributed by atoms with Crippen LogP contribution in [0.1, 0.15) is 12.5 Å². The molecule has 2 rings (SSSR count). The fraction of sp³-hybridized carbons (Fsp3) is 0.250. The smallest absolute Gasteiger partial charge is 0.237 e. The van der Waals surface area contributed by atoms with Crippen LogP contribution in [0.2, 0.25) is 0 Å². The van der Waals surface area contributed by atoms with Crippen molar-refractivity contribution < 1.29 is 4.79 Å². The molecule has 1 heterocycles. The molecule has 0 fully saturated rings.